The van der Waals surface area contributed by atoms with Crippen molar-refractivity contribution >= 4 is 5.91 Å². The highest BCUT2D eigenvalue weighted by atomic mass is 16.5. The van der Waals surface area contributed by atoms with Gasteiger partial charge >= 0.3 is 0 Å². The Morgan fingerprint density at radius 3 is 2.78 bits per heavy atom. The Balaban J connectivity index is 1.74. The Morgan fingerprint density at radius 1 is 1.39 bits per heavy atom. The van der Waals surface area contributed by atoms with E-state index in [0.29, 0.717) is 26.3 Å². The number of hydrogen-bond acceptors (Lipinski definition) is 3. The number of rotatable bonds is 4. The third-order valence-electron chi connectivity index (χ3n) is 5.31. The van der Waals surface area contributed by atoms with Gasteiger partial charge in [-0.15, -0.1) is 0 Å². The highest BCUT2D eigenvalue weighted by molar-refractivity contribution is 5.84. The molecule has 0 N–H and O–H groups in total. The van der Waals surface area contributed by atoms with Gasteiger partial charge in [0.1, 0.15) is 6.10 Å². The Bertz CT molecular complexity index is 580. The molecule has 0 spiro atoms. The first-order valence-electron chi connectivity index (χ1n) is 8.53. The zero-order valence-electron chi connectivity index (χ0n) is 14.4. The Kier molecular flexibility index (Phi) is 4.74. The number of hydrogen-bond donors (Lipinski definition) is 0. The highest BCUT2D eigenvalue weighted by Gasteiger charge is 2.47. The second kappa shape index (κ2) is 6.62. The quantitative estimate of drug-likeness (QED) is 0.857. The molecule has 1 heterocycles. The lowest BCUT2D eigenvalue weighted by Gasteiger charge is -2.45. The Morgan fingerprint density at radius 2 is 2.17 bits per heavy atom. The molecule has 1 aliphatic heterocycles. The van der Waals surface area contributed by atoms with Gasteiger partial charge in [0, 0.05) is 13.7 Å². The largest absolute Gasteiger partial charge is 0.384 e. The van der Waals surface area contributed by atoms with Gasteiger partial charge in [0.2, 0.25) is 5.91 Å². The number of benzene rings is 1. The Labute approximate surface area is 138 Å². The van der Waals surface area contributed by atoms with Crippen molar-refractivity contribution in [1.29, 1.82) is 0 Å². The molecule has 1 atom stereocenters. The average Bonchev–Trinajstić information content (AvgIpc) is 2.50. The molecule has 1 saturated heterocycles. The molecular formula is C19H27NO3. The van der Waals surface area contributed by atoms with Gasteiger partial charge in [-0.05, 0) is 37.8 Å². The summed E-state index contributed by atoms with van der Waals surface area (Å²) in [6, 6.07) is 6.43. The number of nitrogens with zero attached hydrogens (tertiary/aromatic N) is 1. The minimum absolute atomic E-state index is 0.0204. The molecule has 1 unspecified atom stereocenters. The minimum atomic E-state index is -0.279. The van der Waals surface area contributed by atoms with Crippen LogP contribution in [0.3, 0.4) is 0 Å². The summed E-state index contributed by atoms with van der Waals surface area (Å²) in [6.45, 7) is 6.69. The normalized spacial score (nSPS) is 23.4. The van der Waals surface area contributed by atoms with Crippen LogP contribution in [0.1, 0.15) is 42.1 Å². The van der Waals surface area contributed by atoms with Crippen molar-refractivity contribution in [3.05, 3.63) is 34.9 Å². The summed E-state index contributed by atoms with van der Waals surface area (Å²) >= 11 is 0. The van der Waals surface area contributed by atoms with Crippen LogP contribution >= 0.6 is 0 Å². The number of carbonyl (C=O) groups excluding carboxylic acids is 1. The fourth-order valence-corrected chi connectivity index (χ4v) is 3.84. The predicted molar refractivity (Wildman–Crippen MR) is 89.3 cm³/mol. The van der Waals surface area contributed by atoms with E-state index in [0.717, 1.165) is 19.3 Å². The highest BCUT2D eigenvalue weighted by Crippen LogP contribution is 2.43. The molecule has 1 aromatic rings. The summed E-state index contributed by atoms with van der Waals surface area (Å²) in [6.07, 6.45) is 3.00. The van der Waals surface area contributed by atoms with E-state index in [1.54, 1.807) is 7.11 Å². The zero-order chi connectivity index (χ0) is 16.4. The van der Waals surface area contributed by atoms with Gasteiger partial charge in [0.25, 0.3) is 0 Å². The van der Waals surface area contributed by atoms with Gasteiger partial charge in [0.05, 0.1) is 25.2 Å². The van der Waals surface area contributed by atoms with Gasteiger partial charge in [-0.3, -0.25) is 4.79 Å². The number of ether oxygens (including phenoxy) is 2. The molecule has 1 aliphatic carbocycles. The van der Waals surface area contributed by atoms with E-state index in [-0.39, 0.29) is 17.4 Å². The van der Waals surface area contributed by atoms with Crippen LogP contribution in [0.2, 0.25) is 0 Å². The van der Waals surface area contributed by atoms with Gasteiger partial charge < -0.3 is 14.4 Å². The van der Waals surface area contributed by atoms with Gasteiger partial charge in [0.15, 0.2) is 0 Å². The fourth-order valence-electron chi connectivity index (χ4n) is 3.84. The smallest absolute Gasteiger partial charge is 0.231 e. The molecule has 0 radical (unpaired) electrons. The molecule has 4 nitrogen and oxygen atoms in total. The van der Waals surface area contributed by atoms with Crippen molar-refractivity contribution < 1.29 is 14.3 Å². The van der Waals surface area contributed by atoms with E-state index in [9.17, 15) is 4.79 Å². The van der Waals surface area contributed by atoms with Gasteiger partial charge in [-0.1, -0.05) is 30.2 Å². The molecule has 1 aromatic carbocycles. The standard InChI is InChI=1S/C19H27NO3/c1-14-5-6-16(15(2)11-14)17-12-20(9-10-23-17)18(21)19(13-22-3)7-4-8-19/h5-6,11,17H,4,7-10,12-13H2,1-3H3. The molecule has 1 amide bonds. The van der Waals surface area contributed by atoms with Crippen molar-refractivity contribution in [3.8, 4) is 0 Å². The molecular weight excluding hydrogens is 290 g/mol. The van der Waals surface area contributed by atoms with Crippen LogP contribution in [0.5, 0.6) is 0 Å². The molecule has 3 rings (SSSR count). The van der Waals surface area contributed by atoms with Crippen LogP contribution in [-0.2, 0) is 14.3 Å². The second-order valence-corrected chi connectivity index (χ2v) is 7.04. The molecule has 4 heteroatoms. The monoisotopic (exact) mass is 317 g/mol. The molecule has 0 aromatic heterocycles. The third kappa shape index (κ3) is 3.15. The lowest BCUT2D eigenvalue weighted by molar-refractivity contribution is -0.159. The maximum Gasteiger partial charge on any atom is 0.231 e. The maximum absolute atomic E-state index is 13.0. The van der Waals surface area contributed by atoms with Crippen LogP contribution in [0.15, 0.2) is 18.2 Å². The topological polar surface area (TPSA) is 38.8 Å². The van der Waals surface area contributed by atoms with Crippen molar-refractivity contribution in [2.45, 2.75) is 39.2 Å². The van der Waals surface area contributed by atoms with Crippen molar-refractivity contribution in [2.75, 3.05) is 33.4 Å². The molecule has 126 valence electrons. The lowest BCUT2D eigenvalue weighted by atomic mass is 9.68. The van der Waals surface area contributed by atoms with Gasteiger partial charge in [-0.25, -0.2) is 0 Å². The first-order valence-corrected chi connectivity index (χ1v) is 8.53. The van der Waals surface area contributed by atoms with E-state index in [2.05, 4.69) is 32.0 Å². The maximum atomic E-state index is 13.0. The summed E-state index contributed by atoms with van der Waals surface area (Å²) < 4.78 is 11.3. The van der Waals surface area contributed by atoms with E-state index in [4.69, 9.17) is 9.47 Å². The first-order chi connectivity index (χ1) is 11.1. The minimum Gasteiger partial charge on any atom is -0.384 e. The van der Waals surface area contributed by atoms with Crippen molar-refractivity contribution in [3.63, 3.8) is 0 Å². The number of carbonyl (C=O) groups is 1. The van der Waals surface area contributed by atoms with E-state index < -0.39 is 0 Å². The molecule has 23 heavy (non-hydrogen) atoms. The predicted octanol–water partition coefficient (Wildman–Crippen LogP) is 3.02. The SMILES string of the molecule is COCC1(C(=O)N2CCOC(c3ccc(C)cc3C)C2)CCC1. The number of aryl methyl sites for hydroxylation is 2. The van der Waals surface area contributed by atoms with Crippen LogP contribution in [0.4, 0.5) is 0 Å². The van der Waals surface area contributed by atoms with Crippen LogP contribution in [0.25, 0.3) is 0 Å². The van der Waals surface area contributed by atoms with Crippen molar-refractivity contribution in [1.82, 2.24) is 4.90 Å². The molecule has 2 aliphatic rings. The fraction of sp³-hybridized carbons (Fsp3) is 0.632. The van der Waals surface area contributed by atoms with Crippen LogP contribution in [0, 0.1) is 19.3 Å². The van der Waals surface area contributed by atoms with E-state index in [1.807, 2.05) is 4.90 Å². The summed E-state index contributed by atoms with van der Waals surface area (Å²) in [7, 11) is 1.69. The van der Waals surface area contributed by atoms with E-state index >= 15 is 0 Å². The summed E-state index contributed by atoms with van der Waals surface area (Å²) in [5.74, 6) is 0.253. The zero-order valence-corrected chi connectivity index (χ0v) is 14.4. The van der Waals surface area contributed by atoms with Crippen LogP contribution in [-0.4, -0.2) is 44.2 Å². The van der Waals surface area contributed by atoms with Crippen molar-refractivity contribution in [2.24, 2.45) is 5.41 Å². The first kappa shape index (κ1) is 16.5. The van der Waals surface area contributed by atoms with Crippen LogP contribution < -0.4 is 0 Å². The third-order valence-corrected chi connectivity index (χ3v) is 5.31. The average molecular weight is 317 g/mol. The van der Waals surface area contributed by atoms with E-state index in [1.165, 1.54) is 16.7 Å². The summed E-state index contributed by atoms with van der Waals surface area (Å²) in [4.78, 5) is 15.0. The molecule has 1 saturated carbocycles. The Hall–Kier alpha value is -1.39. The summed E-state index contributed by atoms with van der Waals surface area (Å²) in [5, 5.41) is 0. The number of methoxy groups -OCH3 is 1. The lowest BCUT2D eigenvalue weighted by Crippen LogP contribution is -2.53. The molecule has 2 fully saturated rings. The number of morpholine rings is 1. The van der Waals surface area contributed by atoms with Gasteiger partial charge in [-0.2, -0.15) is 0 Å². The second-order valence-electron chi connectivity index (χ2n) is 7.04. The summed E-state index contributed by atoms with van der Waals surface area (Å²) in [5.41, 5.74) is 3.41. The number of amides is 1. The molecule has 0 bridgehead atoms.